The zero-order valence-corrected chi connectivity index (χ0v) is 24.3. The number of aliphatic carboxylic acids is 1. The standard InChI is InChI=1S/C25H35N7O11S/c1-11(34)28-14(6-12-2-4-13(35)5-3-12)21(38)29-16(8-20(27)37)23(40)32-18(10-44)24(41)30-15(7-19(26)36)22(39)31-17(9-33)25(42)43/h2-5,14-18,33,35,44H,6-10H2,1H3,(H2,26,36)(H2,27,37)(H,28,34)(H,29,38)(H,30,41)(H,31,39)(H,32,40)(H,42,43)/t14-,15-,16-,17-,18-/m0/s1. The van der Waals surface area contributed by atoms with E-state index in [9.17, 15) is 43.5 Å². The Morgan fingerprint density at radius 1 is 0.705 bits per heavy atom. The minimum absolute atomic E-state index is 0.0357. The molecule has 0 bridgehead atoms. The smallest absolute Gasteiger partial charge is 0.328 e. The number of primary amides is 2. The van der Waals surface area contributed by atoms with Crippen molar-refractivity contribution in [2.24, 2.45) is 11.5 Å². The lowest BCUT2D eigenvalue weighted by Gasteiger charge is -2.25. The average molecular weight is 642 g/mol. The predicted octanol–water partition coefficient (Wildman–Crippen LogP) is -4.86. The van der Waals surface area contributed by atoms with Gasteiger partial charge in [0, 0.05) is 19.1 Å². The number of nitrogens with one attached hydrogen (secondary N) is 5. The Labute approximate surface area is 256 Å². The van der Waals surface area contributed by atoms with Crippen molar-refractivity contribution in [3.63, 3.8) is 0 Å². The van der Waals surface area contributed by atoms with Crippen LogP contribution in [0.2, 0.25) is 0 Å². The van der Waals surface area contributed by atoms with Gasteiger partial charge in [0.15, 0.2) is 0 Å². The van der Waals surface area contributed by atoms with Gasteiger partial charge in [0.25, 0.3) is 0 Å². The van der Waals surface area contributed by atoms with Crippen molar-refractivity contribution in [3.05, 3.63) is 29.8 Å². The first-order chi connectivity index (χ1) is 20.6. The molecule has 1 aromatic carbocycles. The lowest BCUT2D eigenvalue weighted by molar-refractivity contribution is -0.143. The minimum Gasteiger partial charge on any atom is -0.508 e. The molecule has 18 nitrogen and oxygen atoms in total. The molecule has 0 aliphatic carbocycles. The molecule has 0 aromatic heterocycles. The molecule has 0 spiro atoms. The Morgan fingerprint density at radius 2 is 1.11 bits per heavy atom. The Hall–Kier alpha value is -4.91. The Kier molecular flexibility index (Phi) is 15.1. The number of rotatable bonds is 18. The summed E-state index contributed by atoms with van der Waals surface area (Å²) in [6.07, 6.45) is -1.58. The summed E-state index contributed by atoms with van der Waals surface area (Å²) >= 11 is 3.99. The number of phenolic OH excluding ortho intramolecular Hbond substituents is 1. The number of carboxylic acid groups (broad SMARTS) is 1. The molecular weight excluding hydrogens is 606 g/mol. The van der Waals surface area contributed by atoms with Crippen LogP contribution in [0.5, 0.6) is 5.75 Å². The second-order valence-corrected chi connectivity index (χ2v) is 9.78. The fourth-order valence-electron chi connectivity index (χ4n) is 3.61. The van der Waals surface area contributed by atoms with Crippen LogP contribution in [0.3, 0.4) is 0 Å². The fourth-order valence-corrected chi connectivity index (χ4v) is 3.87. The molecule has 7 amide bonds. The van der Waals surface area contributed by atoms with E-state index in [0.29, 0.717) is 5.56 Å². The van der Waals surface area contributed by atoms with Gasteiger partial charge in [-0.05, 0) is 17.7 Å². The van der Waals surface area contributed by atoms with Crippen LogP contribution in [0.15, 0.2) is 24.3 Å². The molecule has 0 fully saturated rings. The summed E-state index contributed by atoms with van der Waals surface area (Å²) in [6.45, 7) is 0.149. The highest BCUT2D eigenvalue weighted by Crippen LogP contribution is 2.12. The quantitative estimate of drug-likeness (QED) is 0.0675. The number of aliphatic hydroxyl groups is 1. The molecule has 1 aromatic rings. The summed E-state index contributed by atoms with van der Waals surface area (Å²) < 4.78 is 0. The largest absolute Gasteiger partial charge is 0.508 e. The maximum absolute atomic E-state index is 13.1. The Bertz CT molecular complexity index is 1250. The van der Waals surface area contributed by atoms with E-state index in [4.69, 9.17) is 21.7 Å². The minimum atomic E-state index is -1.76. The third-order valence-corrected chi connectivity index (χ3v) is 6.12. The molecule has 0 aliphatic heterocycles. The maximum atomic E-state index is 13.1. The van der Waals surface area contributed by atoms with Crippen LogP contribution < -0.4 is 38.1 Å². The third-order valence-electron chi connectivity index (χ3n) is 5.76. The normalized spacial score (nSPS) is 14.0. The van der Waals surface area contributed by atoms with Gasteiger partial charge in [0.05, 0.1) is 19.4 Å². The van der Waals surface area contributed by atoms with Gasteiger partial charge in [0.1, 0.15) is 36.0 Å². The van der Waals surface area contributed by atoms with E-state index in [1.165, 1.54) is 24.3 Å². The number of carbonyl (C=O) groups is 8. The second kappa shape index (κ2) is 17.9. The highest BCUT2D eigenvalue weighted by Gasteiger charge is 2.33. The molecule has 0 aliphatic rings. The number of carboxylic acids is 1. The third kappa shape index (κ3) is 12.9. The van der Waals surface area contributed by atoms with E-state index in [1.54, 1.807) is 0 Å². The van der Waals surface area contributed by atoms with Gasteiger partial charge in [-0.25, -0.2) is 4.79 Å². The maximum Gasteiger partial charge on any atom is 0.328 e. The summed E-state index contributed by atoms with van der Waals surface area (Å²) in [5.74, 6) is -8.93. The average Bonchev–Trinajstić information content (AvgIpc) is 2.93. The number of carbonyl (C=O) groups excluding carboxylic acids is 7. The van der Waals surface area contributed by atoms with Crippen LogP contribution in [-0.4, -0.2) is 105 Å². The van der Waals surface area contributed by atoms with Crippen molar-refractivity contribution >= 4 is 59.9 Å². The summed E-state index contributed by atoms with van der Waals surface area (Å²) in [6, 6.07) is -2.16. The monoisotopic (exact) mass is 641 g/mol. The molecule has 1 rings (SSSR count). The fraction of sp³-hybridized carbons (Fsp3) is 0.440. The predicted molar refractivity (Wildman–Crippen MR) is 153 cm³/mol. The van der Waals surface area contributed by atoms with Gasteiger partial charge in [-0.2, -0.15) is 12.6 Å². The topological polar surface area (TPSA) is 309 Å². The van der Waals surface area contributed by atoms with Gasteiger partial charge in [-0.3, -0.25) is 33.6 Å². The zero-order chi connectivity index (χ0) is 33.6. The second-order valence-electron chi connectivity index (χ2n) is 9.41. The lowest BCUT2D eigenvalue weighted by atomic mass is 10.0. The van der Waals surface area contributed by atoms with E-state index in [0.717, 1.165) is 6.92 Å². The molecular formula is C25H35N7O11S. The van der Waals surface area contributed by atoms with Crippen molar-refractivity contribution in [2.45, 2.75) is 56.4 Å². The molecule has 0 saturated carbocycles. The number of thiol groups is 1. The molecule has 0 unspecified atom stereocenters. The van der Waals surface area contributed by atoms with Crippen molar-refractivity contribution in [3.8, 4) is 5.75 Å². The van der Waals surface area contributed by atoms with Crippen LogP contribution in [0.1, 0.15) is 25.3 Å². The number of benzene rings is 1. The van der Waals surface area contributed by atoms with Crippen LogP contribution in [0, 0.1) is 0 Å². The van der Waals surface area contributed by atoms with Crippen LogP contribution in [0.4, 0.5) is 0 Å². The molecule has 242 valence electrons. The number of hydrogen-bond acceptors (Lipinski definition) is 11. The summed E-state index contributed by atoms with van der Waals surface area (Å²) in [5.41, 5.74) is 10.9. The molecule has 44 heavy (non-hydrogen) atoms. The van der Waals surface area contributed by atoms with Crippen LogP contribution in [0.25, 0.3) is 0 Å². The van der Waals surface area contributed by atoms with Crippen molar-refractivity contribution < 1.29 is 53.7 Å². The number of aliphatic hydroxyl groups excluding tert-OH is 1. The summed E-state index contributed by atoms with van der Waals surface area (Å²) in [5, 5.41) is 38.6. The molecule has 0 saturated heterocycles. The first-order valence-electron chi connectivity index (χ1n) is 12.9. The zero-order valence-electron chi connectivity index (χ0n) is 23.4. The lowest BCUT2D eigenvalue weighted by Crippen LogP contribution is -2.60. The van der Waals surface area contributed by atoms with E-state index in [-0.39, 0.29) is 12.2 Å². The van der Waals surface area contributed by atoms with Crippen molar-refractivity contribution in [1.82, 2.24) is 26.6 Å². The van der Waals surface area contributed by atoms with E-state index < -0.39 is 103 Å². The van der Waals surface area contributed by atoms with Crippen LogP contribution >= 0.6 is 12.6 Å². The number of hydrogen-bond donors (Lipinski definition) is 11. The molecule has 0 radical (unpaired) electrons. The van der Waals surface area contributed by atoms with Gasteiger partial charge in [-0.15, -0.1) is 0 Å². The molecule has 5 atom stereocenters. The van der Waals surface area contributed by atoms with Gasteiger partial charge < -0.3 is 53.4 Å². The number of nitrogens with two attached hydrogens (primary N) is 2. The van der Waals surface area contributed by atoms with E-state index >= 15 is 0 Å². The first kappa shape index (κ1) is 37.1. The van der Waals surface area contributed by atoms with Gasteiger partial charge >= 0.3 is 5.97 Å². The summed E-state index contributed by atoms with van der Waals surface area (Å²) in [4.78, 5) is 97.6. The van der Waals surface area contributed by atoms with Crippen LogP contribution in [-0.2, 0) is 44.8 Å². The van der Waals surface area contributed by atoms with Gasteiger partial charge in [-0.1, -0.05) is 12.1 Å². The van der Waals surface area contributed by atoms with Crippen molar-refractivity contribution in [1.29, 1.82) is 0 Å². The van der Waals surface area contributed by atoms with E-state index in [2.05, 4.69) is 33.9 Å². The first-order valence-corrected chi connectivity index (χ1v) is 13.5. The van der Waals surface area contributed by atoms with Gasteiger partial charge in [0.2, 0.25) is 41.4 Å². The van der Waals surface area contributed by atoms with E-state index in [1.807, 2.05) is 5.32 Å². The number of aromatic hydroxyl groups is 1. The number of amides is 7. The Balaban J connectivity index is 3.10. The summed E-state index contributed by atoms with van der Waals surface area (Å²) in [7, 11) is 0. The SMILES string of the molecule is CC(=O)N[C@@H](Cc1ccc(O)cc1)C(=O)N[C@@H](CC(N)=O)C(=O)N[C@@H](CS)C(=O)N[C@@H](CC(N)=O)C(=O)N[C@@H](CO)C(=O)O. The van der Waals surface area contributed by atoms with Crippen molar-refractivity contribution in [2.75, 3.05) is 12.4 Å². The highest BCUT2D eigenvalue weighted by molar-refractivity contribution is 7.80. The molecule has 12 N–H and O–H groups in total. The number of phenols is 1. The Morgan fingerprint density at radius 3 is 1.50 bits per heavy atom. The molecule has 19 heteroatoms. The molecule has 0 heterocycles. The highest BCUT2D eigenvalue weighted by atomic mass is 32.1.